The Labute approximate surface area is 127 Å². The number of aromatic nitrogens is 1. The van der Waals surface area contributed by atoms with E-state index in [9.17, 15) is 14.3 Å². The van der Waals surface area contributed by atoms with E-state index in [1.54, 1.807) is 31.3 Å². The first-order valence-corrected chi connectivity index (χ1v) is 6.98. The van der Waals surface area contributed by atoms with E-state index < -0.39 is 17.7 Å². The van der Waals surface area contributed by atoms with E-state index >= 15 is 0 Å². The van der Waals surface area contributed by atoms with Gasteiger partial charge in [-0.2, -0.15) is 0 Å². The Morgan fingerprint density at radius 1 is 1.24 bits per heavy atom. The molecule has 0 saturated carbocycles. The molecule has 0 bridgehead atoms. The molecule has 4 nitrogen and oxygen atoms in total. The van der Waals surface area contributed by atoms with Crippen LogP contribution in [0.15, 0.2) is 50.1 Å². The fourth-order valence-electron chi connectivity index (χ4n) is 2.25. The van der Waals surface area contributed by atoms with Gasteiger partial charge in [0.2, 0.25) is 0 Å². The number of aliphatic hydroxyl groups excluding tert-OH is 1. The maximum absolute atomic E-state index is 13.4. The molecular weight excluding hydrogens is 341 g/mol. The summed E-state index contributed by atoms with van der Waals surface area (Å²) in [6.07, 6.45) is -1.01. The molecule has 0 fully saturated rings. The van der Waals surface area contributed by atoms with Crippen molar-refractivity contribution in [3.8, 4) is 0 Å². The predicted molar refractivity (Wildman–Crippen MR) is 79.6 cm³/mol. The molecule has 6 heteroatoms. The topological polar surface area (TPSA) is 55.4 Å². The quantitative estimate of drug-likeness (QED) is 0.771. The van der Waals surface area contributed by atoms with Gasteiger partial charge in [-0.15, -0.1) is 0 Å². The molecule has 1 N–H and O–H groups in total. The number of oxazole rings is 1. The molecule has 1 heterocycles. The van der Waals surface area contributed by atoms with Gasteiger partial charge < -0.3 is 9.52 Å². The first-order valence-electron chi connectivity index (χ1n) is 6.19. The lowest BCUT2D eigenvalue weighted by Gasteiger charge is -2.12. The number of nitrogens with zero attached hydrogens (tertiary/aromatic N) is 1. The van der Waals surface area contributed by atoms with Gasteiger partial charge in [-0.25, -0.2) is 9.18 Å². The Kier molecular flexibility index (Phi) is 3.43. The third-order valence-corrected chi connectivity index (χ3v) is 3.79. The average Bonchev–Trinajstić information content (AvgIpc) is 2.71. The second kappa shape index (κ2) is 5.13. The zero-order valence-electron chi connectivity index (χ0n) is 11.0. The maximum atomic E-state index is 13.4. The number of aliphatic hydroxyl groups is 1. The van der Waals surface area contributed by atoms with E-state index in [4.69, 9.17) is 4.42 Å². The number of hydrogen-bond donors (Lipinski definition) is 1. The van der Waals surface area contributed by atoms with Crippen molar-refractivity contribution in [2.75, 3.05) is 0 Å². The van der Waals surface area contributed by atoms with Crippen molar-refractivity contribution >= 4 is 27.0 Å². The molecule has 1 atom stereocenters. The Morgan fingerprint density at radius 3 is 2.71 bits per heavy atom. The number of rotatable bonds is 2. The molecule has 0 amide bonds. The van der Waals surface area contributed by atoms with Crippen molar-refractivity contribution < 1.29 is 13.9 Å². The first kappa shape index (κ1) is 14.0. The van der Waals surface area contributed by atoms with Crippen LogP contribution < -0.4 is 5.76 Å². The molecule has 0 aliphatic rings. The number of benzene rings is 2. The summed E-state index contributed by atoms with van der Waals surface area (Å²) in [5.74, 6) is -0.907. The molecule has 2 aromatic carbocycles. The summed E-state index contributed by atoms with van der Waals surface area (Å²) in [5.41, 5.74) is 1.96. The van der Waals surface area contributed by atoms with E-state index in [-0.39, 0.29) is 0 Å². The molecular formula is C15H11BrFNO3. The van der Waals surface area contributed by atoms with Crippen molar-refractivity contribution in [1.82, 2.24) is 4.57 Å². The zero-order chi connectivity index (χ0) is 15.1. The van der Waals surface area contributed by atoms with Gasteiger partial charge in [0.25, 0.3) is 0 Å². The van der Waals surface area contributed by atoms with Crippen molar-refractivity contribution in [3.05, 3.63) is 68.4 Å². The van der Waals surface area contributed by atoms with Crippen LogP contribution in [0.5, 0.6) is 0 Å². The van der Waals surface area contributed by atoms with Gasteiger partial charge in [0.15, 0.2) is 5.58 Å². The largest absolute Gasteiger partial charge is 0.419 e. The van der Waals surface area contributed by atoms with Crippen LogP contribution in [-0.4, -0.2) is 9.67 Å². The lowest BCUT2D eigenvalue weighted by atomic mass is 10.0. The van der Waals surface area contributed by atoms with Crippen LogP contribution in [0.4, 0.5) is 4.39 Å². The van der Waals surface area contributed by atoms with Crippen molar-refractivity contribution in [2.24, 2.45) is 7.05 Å². The summed E-state index contributed by atoms with van der Waals surface area (Å²) in [6.45, 7) is 0. The minimum Gasteiger partial charge on any atom is -0.408 e. The minimum atomic E-state index is -1.01. The highest BCUT2D eigenvalue weighted by Crippen LogP contribution is 2.27. The molecule has 0 aliphatic heterocycles. The second-order valence-electron chi connectivity index (χ2n) is 4.76. The van der Waals surface area contributed by atoms with Crippen LogP contribution in [0.3, 0.4) is 0 Å². The Bertz CT molecular complexity index is 864. The van der Waals surface area contributed by atoms with Gasteiger partial charge in [-0.3, -0.25) is 4.57 Å². The standard InChI is InChI=1S/C15H11BrFNO3/c1-18-12-3-2-8(6-13(12)21-15(18)20)14(19)9-4-10(16)7-11(17)5-9/h2-7,14,19H,1H3. The van der Waals surface area contributed by atoms with Crippen LogP contribution >= 0.6 is 15.9 Å². The van der Waals surface area contributed by atoms with Crippen LogP contribution in [0.1, 0.15) is 17.2 Å². The van der Waals surface area contributed by atoms with Gasteiger partial charge in [-0.05, 0) is 41.5 Å². The minimum absolute atomic E-state index is 0.384. The molecule has 0 saturated heterocycles. The van der Waals surface area contributed by atoms with E-state index in [2.05, 4.69) is 15.9 Å². The average molecular weight is 352 g/mol. The normalized spacial score (nSPS) is 12.8. The molecule has 0 aliphatic carbocycles. The molecule has 108 valence electrons. The molecule has 1 unspecified atom stereocenters. The van der Waals surface area contributed by atoms with Gasteiger partial charge >= 0.3 is 5.76 Å². The molecule has 1 aromatic heterocycles. The number of aryl methyl sites for hydroxylation is 1. The van der Waals surface area contributed by atoms with Gasteiger partial charge in [0, 0.05) is 11.5 Å². The molecule has 0 spiro atoms. The smallest absolute Gasteiger partial charge is 0.408 e. The second-order valence-corrected chi connectivity index (χ2v) is 5.68. The maximum Gasteiger partial charge on any atom is 0.419 e. The molecule has 3 aromatic rings. The van der Waals surface area contributed by atoms with Crippen molar-refractivity contribution in [3.63, 3.8) is 0 Å². The summed E-state index contributed by atoms with van der Waals surface area (Å²) < 4.78 is 20.4. The zero-order valence-corrected chi connectivity index (χ0v) is 12.6. The highest BCUT2D eigenvalue weighted by molar-refractivity contribution is 9.10. The highest BCUT2D eigenvalue weighted by Gasteiger charge is 2.15. The molecule has 21 heavy (non-hydrogen) atoms. The summed E-state index contributed by atoms with van der Waals surface area (Å²) in [4.78, 5) is 11.5. The molecule has 0 radical (unpaired) electrons. The predicted octanol–water partition coefficient (Wildman–Crippen LogP) is 3.11. The Hall–Kier alpha value is -1.92. The van der Waals surface area contributed by atoms with Crippen molar-refractivity contribution in [2.45, 2.75) is 6.10 Å². The summed E-state index contributed by atoms with van der Waals surface area (Å²) >= 11 is 3.19. The third-order valence-electron chi connectivity index (χ3n) is 3.33. The van der Waals surface area contributed by atoms with E-state index in [0.717, 1.165) is 0 Å². The van der Waals surface area contributed by atoms with Crippen LogP contribution in [0.2, 0.25) is 0 Å². The Morgan fingerprint density at radius 2 is 2.00 bits per heavy atom. The van der Waals surface area contributed by atoms with E-state index in [1.165, 1.54) is 16.7 Å². The van der Waals surface area contributed by atoms with Gasteiger partial charge in [-0.1, -0.05) is 22.0 Å². The molecule has 3 rings (SSSR count). The highest BCUT2D eigenvalue weighted by atomic mass is 79.9. The fourth-order valence-corrected chi connectivity index (χ4v) is 2.73. The SMILES string of the molecule is Cn1c(=O)oc2cc(C(O)c3cc(F)cc(Br)c3)ccc21. The van der Waals surface area contributed by atoms with Crippen LogP contribution in [-0.2, 0) is 7.05 Å². The lowest BCUT2D eigenvalue weighted by Crippen LogP contribution is -2.08. The number of halogens is 2. The van der Waals surface area contributed by atoms with Gasteiger partial charge in [0.1, 0.15) is 11.9 Å². The van der Waals surface area contributed by atoms with E-state index in [1.807, 2.05) is 0 Å². The van der Waals surface area contributed by atoms with Crippen LogP contribution in [0.25, 0.3) is 11.1 Å². The summed E-state index contributed by atoms with van der Waals surface area (Å²) in [5, 5.41) is 10.4. The number of fused-ring (bicyclic) bond motifs is 1. The van der Waals surface area contributed by atoms with Crippen molar-refractivity contribution in [1.29, 1.82) is 0 Å². The summed E-state index contributed by atoms with van der Waals surface area (Å²) in [6, 6.07) is 9.17. The fraction of sp³-hybridized carbons (Fsp3) is 0.133. The lowest BCUT2D eigenvalue weighted by molar-refractivity contribution is 0.219. The Balaban J connectivity index is 2.08. The monoisotopic (exact) mass is 351 g/mol. The van der Waals surface area contributed by atoms with Gasteiger partial charge in [0.05, 0.1) is 5.52 Å². The van der Waals surface area contributed by atoms with Crippen LogP contribution in [0, 0.1) is 5.82 Å². The van der Waals surface area contributed by atoms with E-state index in [0.29, 0.717) is 26.7 Å². The first-order chi connectivity index (χ1) is 9.95. The summed E-state index contributed by atoms with van der Waals surface area (Å²) in [7, 11) is 1.61. The number of hydrogen-bond acceptors (Lipinski definition) is 3. The third kappa shape index (κ3) is 2.52.